The number of phenols is 1. The minimum absolute atomic E-state index is 0.0670. The molecule has 160 valence electrons. The van der Waals surface area contributed by atoms with Crippen molar-refractivity contribution in [1.82, 2.24) is 9.78 Å². The molecular weight excluding hydrogens is 410 g/mol. The summed E-state index contributed by atoms with van der Waals surface area (Å²) in [6, 6.07) is 18.4. The maximum Gasteiger partial charge on any atom is 0.340 e. The highest BCUT2D eigenvalue weighted by molar-refractivity contribution is 6.02. The Balaban J connectivity index is 2.05. The van der Waals surface area contributed by atoms with Gasteiger partial charge in [-0.3, -0.25) is 10.1 Å². The third-order valence-electron chi connectivity index (χ3n) is 5.33. The molecule has 0 spiro atoms. The van der Waals surface area contributed by atoms with E-state index in [0.29, 0.717) is 16.9 Å². The van der Waals surface area contributed by atoms with E-state index >= 15 is 0 Å². The third kappa shape index (κ3) is 3.58. The van der Waals surface area contributed by atoms with Gasteiger partial charge in [-0.05, 0) is 49.2 Å². The summed E-state index contributed by atoms with van der Waals surface area (Å²) in [5, 5.41) is 35.9. The Bertz CT molecular complexity index is 1360. The Labute approximate surface area is 183 Å². The van der Waals surface area contributed by atoms with Crippen molar-refractivity contribution in [3.05, 3.63) is 93.5 Å². The molecule has 0 saturated carbocycles. The van der Waals surface area contributed by atoms with Gasteiger partial charge in [0.2, 0.25) is 0 Å². The van der Waals surface area contributed by atoms with Crippen molar-refractivity contribution in [2.24, 2.45) is 0 Å². The number of benzene rings is 3. The summed E-state index contributed by atoms with van der Waals surface area (Å²) in [7, 11) is 0. The molecule has 0 atom stereocenters. The molecule has 0 radical (unpaired) electrons. The van der Waals surface area contributed by atoms with E-state index in [-0.39, 0.29) is 16.8 Å². The van der Waals surface area contributed by atoms with Crippen LogP contribution in [0.3, 0.4) is 0 Å². The Kier molecular flexibility index (Phi) is 5.19. The lowest BCUT2D eigenvalue weighted by atomic mass is 10.0. The summed E-state index contributed by atoms with van der Waals surface area (Å²) in [6.07, 6.45) is 0. The number of rotatable bonds is 5. The second kappa shape index (κ2) is 7.99. The molecule has 0 aliphatic carbocycles. The summed E-state index contributed by atoms with van der Waals surface area (Å²) < 4.78 is 1.55. The van der Waals surface area contributed by atoms with E-state index < -0.39 is 22.3 Å². The molecule has 32 heavy (non-hydrogen) atoms. The van der Waals surface area contributed by atoms with Gasteiger partial charge in [0.05, 0.1) is 16.3 Å². The summed E-state index contributed by atoms with van der Waals surface area (Å²) in [5.74, 6) is -1.77. The Morgan fingerprint density at radius 2 is 1.69 bits per heavy atom. The van der Waals surface area contributed by atoms with Crippen LogP contribution in [-0.2, 0) is 0 Å². The number of hydrogen-bond donors (Lipinski definition) is 2. The number of hydrogen-bond acceptors (Lipinski definition) is 5. The standard InChI is InChI=1S/C24H19N3O5/c1-14-8-10-18(12-15(14)2)26-23(16-6-4-3-5-7-16)21(24(29)30)22(25-26)17-9-11-19(27(31)32)20(28)13-17/h3-13,28H,1-2H3,(H,29,30). The van der Waals surface area contributed by atoms with Gasteiger partial charge >= 0.3 is 11.7 Å². The molecular formula is C24H19N3O5. The first-order valence-electron chi connectivity index (χ1n) is 9.75. The van der Waals surface area contributed by atoms with Crippen molar-refractivity contribution in [3.63, 3.8) is 0 Å². The monoisotopic (exact) mass is 429 g/mol. The Morgan fingerprint density at radius 3 is 2.28 bits per heavy atom. The zero-order valence-corrected chi connectivity index (χ0v) is 17.3. The summed E-state index contributed by atoms with van der Waals surface area (Å²) >= 11 is 0. The number of carboxylic acid groups (broad SMARTS) is 1. The van der Waals surface area contributed by atoms with Crippen LogP contribution in [0.1, 0.15) is 21.5 Å². The maximum absolute atomic E-state index is 12.4. The lowest BCUT2D eigenvalue weighted by molar-refractivity contribution is -0.385. The third-order valence-corrected chi connectivity index (χ3v) is 5.33. The average Bonchev–Trinajstić information content (AvgIpc) is 3.17. The fourth-order valence-electron chi connectivity index (χ4n) is 3.55. The molecule has 1 aromatic heterocycles. The van der Waals surface area contributed by atoms with E-state index in [9.17, 15) is 25.1 Å². The topological polar surface area (TPSA) is 118 Å². The Morgan fingerprint density at radius 1 is 0.969 bits per heavy atom. The number of aromatic hydroxyl groups is 1. The van der Waals surface area contributed by atoms with Crippen LogP contribution >= 0.6 is 0 Å². The first kappa shape index (κ1) is 20.8. The second-order valence-corrected chi connectivity index (χ2v) is 7.38. The van der Waals surface area contributed by atoms with Crippen LogP contribution in [0, 0.1) is 24.0 Å². The lowest BCUT2D eigenvalue weighted by Gasteiger charge is -2.10. The smallest absolute Gasteiger partial charge is 0.340 e. The number of aromatic nitrogens is 2. The molecule has 3 aromatic carbocycles. The largest absolute Gasteiger partial charge is 0.502 e. The molecule has 0 fully saturated rings. The van der Waals surface area contributed by atoms with Crippen LogP contribution in [-0.4, -0.2) is 30.9 Å². The van der Waals surface area contributed by atoms with Gasteiger partial charge in [-0.25, -0.2) is 9.48 Å². The molecule has 8 heteroatoms. The summed E-state index contributed by atoms with van der Waals surface area (Å²) in [6.45, 7) is 3.94. The number of aryl methyl sites for hydroxylation is 2. The van der Waals surface area contributed by atoms with Crippen molar-refractivity contribution in [1.29, 1.82) is 0 Å². The highest BCUT2D eigenvalue weighted by Crippen LogP contribution is 2.37. The normalized spacial score (nSPS) is 10.8. The molecule has 0 amide bonds. The number of nitro benzene ring substituents is 1. The van der Waals surface area contributed by atoms with E-state index in [4.69, 9.17) is 0 Å². The summed E-state index contributed by atoms with van der Waals surface area (Å²) in [4.78, 5) is 22.7. The molecule has 1 heterocycles. The minimum atomic E-state index is -1.20. The van der Waals surface area contributed by atoms with Gasteiger partial charge in [-0.1, -0.05) is 36.4 Å². The molecule has 0 aliphatic rings. The highest BCUT2D eigenvalue weighted by atomic mass is 16.6. The van der Waals surface area contributed by atoms with Crippen molar-refractivity contribution in [3.8, 4) is 34.0 Å². The van der Waals surface area contributed by atoms with E-state index in [2.05, 4.69) is 5.10 Å². The van der Waals surface area contributed by atoms with Gasteiger partial charge in [0.1, 0.15) is 11.3 Å². The molecule has 4 aromatic rings. The van der Waals surface area contributed by atoms with Crippen LogP contribution < -0.4 is 0 Å². The SMILES string of the molecule is Cc1ccc(-n2nc(-c3ccc([N+](=O)[O-])c(O)c3)c(C(=O)O)c2-c2ccccc2)cc1C. The van der Waals surface area contributed by atoms with Crippen molar-refractivity contribution in [2.75, 3.05) is 0 Å². The summed E-state index contributed by atoms with van der Waals surface area (Å²) in [5.41, 5.74) is 3.61. The number of nitrogens with zero attached hydrogens (tertiary/aromatic N) is 3. The predicted octanol–water partition coefficient (Wildman–Crippen LogP) is 5.14. The van der Waals surface area contributed by atoms with E-state index in [1.807, 2.05) is 38.1 Å². The molecule has 8 nitrogen and oxygen atoms in total. The Hall–Kier alpha value is -4.46. The van der Waals surface area contributed by atoms with Gasteiger partial charge in [-0.2, -0.15) is 5.10 Å². The van der Waals surface area contributed by atoms with Gasteiger partial charge in [0.25, 0.3) is 0 Å². The number of carboxylic acids is 1. The average molecular weight is 429 g/mol. The quantitative estimate of drug-likeness (QED) is 0.335. The zero-order valence-electron chi connectivity index (χ0n) is 17.3. The van der Waals surface area contributed by atoms with Crippen LogP contribution in [0.4, 0.5) is 5.69 Å². The zero-order chi connectivity index (χ0) is 23.0. The fourth-order valence-corrected chi connectivity index (χ4v) is 3.55. The van der Waals surface area contributed by atoms with E-state index in [1.165, 1.54) is 6.07 Å². The second-order valence-electron chi connectivity index (χ2n) is 7.38. The predicted molar refractivity (Wildman–Crippen MR) is 119 cm³/mol. The van der Waals surface area contributed by atoms with Crippen molar-refractivity contribution >= 4 is 11.7 Å². The molecule has 2 N–H and O–H groups in total. The lowest BCUT2D eigenvalue weighted by Crippen LogP contribution is -2.03. The van der Waals surface area contributed by atoms with Crippen LogP contribution in [0.5, 0.6) is 5.75 Å². The molecule has 0 aliphatic heterocycles. The minimum Gasteiger partial charge on any atom is -0.502 e. The van der Waals surface area contributed by atoms with Crippen LogP contribution in [0.25, 0.3) is 28.2 Å². The molecule has 4 rings (SSSR count). The van der Waals surface area contributed by atoms with Crippen LogP contribution in [0.15, 0.2) is 66.7 Å². The fraction of sp³-hybridized carbons (Fsp3) is 0.0833. The van der Waals surface area contributed by atoms with E-state index in [0.717, 1.165) is 23.3 Å². The van der Waals surface area contributed by atoms with Gasteiger partial charge in [0.15, 0.2) is 5.75 Å². The van der Waals surface area contributed by atoms with Gasteiger partial charge in [0, 0.05) is 17.2 Å². The van der Waals surface area contributed by atoms with Crippen LogP contribution in [0.2, 0.25) is 0 Å². The number of nitro groups is 1. The number of phenolic OH excluding ortho intramolecular Hbond substituents is 1. The molecule has 0 bridgehead atoms. The van der Waals surface area contributed by atoms with E-state index in [1.54, 1.807) is 28.9 Å². The molecule has 0 saturated heterocycles. The molecule has 0 unspecified atom stereocenters. The first-order chi connectivity index (χ1) is 15.3. The van der Waals surface area contributed by atoms with Gasteiger partial charge < -0.3 is 10.2 Å². The number of aromatic carboxylic acids is 1. The highest BCUT2D eigenvalue weighted by Gasteiger charge is 2.27. The number of carbonyl (C=O) groups is 1. The first-order valence-corrected chi connectivity index (χ1v) is 9.75. The van der Waals surface area contributed by atoms with Gasteiger partial charge in [-0.15, -0.1) is 0 Å². The maximum atomic E-state index is 12.4. The van der Waals surface area contributed by atoms with Crippen molar-refractivity contribution in [2.45, 2.75) is 13.8 Å². The van der Waals surface area contributed by atoms with Crippen molar-refractivity contribution < 1.29 is 19.9 Å².